The van der Waals surface area contributed by atoms with Gasteiger partial charge in [-0.15, -0.1) is 0 Å². The number of nitrogens with one attached hydrogen (secondary N) is 1. The number of benzene rings is 1. The first-order valence-corrected chi connectivity index (χ1v) is 9.33. The lowest BCUT2D eigenvalue weighted by Gasteiger charge is -2.38. The molecule has 1 aromatic heterocycles. The van der Waals surface area contributed by atoms with Crippen molar-refractivity contribution < 1.29 is 19.4 Å². The molecule has 1 aromatic carbocycles. The lowest BCUT2D eigenvalue weighted by atomic mass is 9.91. The topological polar surface area (TPSA) is 91.8 Å². The third kappa shape index (κ3) is 4.86. The molecule has 0 saturated carbocycles. The molecule has 2 amide bonds. The second-order valence-corrected chi connectivity index (χ2v) is 6.92. The Labute approximate surface area is 164 Å². The minimum atomic E-state index is -0.305. The maximum Gasteiger partial charge on any atom is 0.253 e. The minimum Gasteiger partial charge on any atom is -0.497 e. The highest BCUT2D eigenvalue weighted by Crippen LogP contribution is 2.20. The van der Waals surface area contributed by atoms with Crippen molar-refractivity contribution in [2.24, 2.45) is 5.92 Å². The van der Waals surface area contributed by atoms with E-state index in [0.29, 0.717) is 30.8 Å². The summed E-state index contributed by atoms with van der Waals surface area (Å²) in [6.45, 7) is 0.906. The van der Waals surface area contributed by atoms with Crippen molar-refractivity contribution in [3.63, 3.8) is 0 Å². The fourth-order valence-corrected chi connectivity index (χ4v) is 3.43. The Kier molecular flexibility index (Phi) is 6.60. The highest BCUT2D eigenvalue weighted by molar-refractivity contribution is 5.94. The number of nitrogens with zero attached hydrogens (tertiary/aromatic N) is 2. The zero-order valence-corrected chi connectivity index (χ0v) is 15.9. The molecule has 0 radical (unpaired) electrons. The van der Waals surface area contributed by atoms with E-state index in [9.17, 15) is 14.7 Å². The van der Waals surface area contributed by atoms with E-state index in [4.69, 9.17) is 4.74 Å². The van der Waals surface area contributed by atoms with E-state index >= 15 is 0 Å². The average molecular weight is 383 g/mol. The van der Waals surface area contributed by atoms with E-state index in [1.54, 1.807) is 30.3 Å². The maximum absolute atomic E-state index is 12.8. The molecule has 1 saturated heterocycles. The van der Waals surface area contributed by atoms with Gasteiger partial charge in [0.25, 0.3) is 5.91 Å². The van der Waals surface area contributed by atoms with Crippen molar-refractivity contribution in [1.82, 2.24) is 15.2 Å². The van der Waals surface area contributed by atoms with Crippen LogP contribution >= 0.6 is 0 Å². The van der Waals surface area contributed by atoms with Crippen molar-refractivity contribution in [1.29, 1.82) is 0 Å². The van der Waals surface area contributed by atoms with Crippen molar-refractivity contribution in [2.75, 3.05) is 26.8 Å². The number of likely N-dealkylation sites (tertiary alicyclic amines) is 1. The molecule has 1 aliphatic rings. The van der Waals surface area contributed by atoms with Gasteiger partial charge in [-0.3, -0.25) is 14.6 Å². The van der Waals surface area contributed by atoms with E-state index in [1.807, 2.05) is 24.3 Å². The number of carbonyl (C=O) groups is 2. The van der Waals surface area contributed by atoms with Crippen molar-refractivity contribution in [3.05, 3.63) is 59.9 Å². The van der Waals surface area contributed by atoms with Gasteiger partial charge in [0.15, 0.2) is 0 Å². The van der Waals surface area contributed by atoms with Crippen LogP contribution in [0.4, 0.5) is 0 Å². The number of ether oxygens (including phenoxy) is 1. The van der Waals surface area contributed by atoms with Gasteiger partial charge in [-0.05, 0) is 36.2 Å². The molecule has 2 atom stereocenters. The SMILES string of the molecule is COc1cccc(CC(=O)N2CC[C@H](CO)[C@H](NC(=O)c3cccnc3)C2)c1. The Morgan fingerprint density at radius 3 is 2.89 bits per heavy atom. The van der Waals surface area contributed by atoms with Gasteiger partial charge in [0.1, 0.15) is 5.75 Å². The lowest BCUT2D eigenvalue weighted by Crippen LogP contribution is -2.55. The maximum atomic E-state index is 12.8. The number of hydrogen-bond acceptors (Lipinski definition) is 5. The molecule has 7 heteroatoms. The first kappa shape index (κ1) is 19.8. The van der Waals surface area contributed by atoms with Gasteiger partial charge in [0.05, 0.1) is 25.1 Å². The van der Waals surface area contributed by atoms with Crippen LogP contribution in [0.25, 0.3) is 0 Å². The first-order valence-electron chi connectivity index (χ1n) is 9.33. The molecule has 2 heterocycles. The summed E-state index contributed by atoms with van der Waals surface area (Å²) >= 11 is 0. The number of aliphatic hydroxyl groups is 1. The highest BCUT2D eigenvalue weighted by Gasteiger charge is 2.32. The third-order valence-electron chi connectivity index (χ3n) is 5.07. The Bertz CT molecular complexity index is 812. The number of pyridine rings is 1. The summed E-state index contributed by atoms with van der Waals surface area (Å²) in [4.78, 5) is 30.9. The highest BCUT2D eigenvalue weighted by atomic mass is 16.5. The number of hydrogen-bond donors (Lipinski definition) is 2. The molecular weight excluding hydrogens is 358 g/mol. The average Bonchev–Trinajstić information content (AvgIpc) is 2.74. The molecule has 28 heavy (non-hydrogen) atoms. The summed E-state index contributed by atoms with van der Waals surface area (Å²) in [5.74, 6) is 0.372. The van der Waals surface area contributed by atoms with Crippen LogP contribution in [-0.4, -0.2) is 59.7 Å². The van der Waals surface area contributed by atoms with Gasteiger partial charge >= 0.3 is 0 Å². The summed E-state index contributed by atoms with van der Waals surface area (Å²) in [7, 11) is 1.59. The molecular formula is C21H25N3O4. The summed E-state index contributed by atoms with van der Waals surface area (Å²) < 4.78 is 5.21. The summed E-state index contributed by atoms with van der Waals surface area (Å²) in [5, 5.41) is 12.6. The Balaban J connectivity index is 1.65. The Morgan fingerprint density at radius 2 is 2.18 bits per heavy atom. The fourth-order valence-electron chi connectivity index (χ4n) is 3.43. The number of aliphatic hydroxyl groups excluding tert-OH is 1. The van der Waals surface area contributed by atoms with E-state index < -0.39 is 0 Å². The largest absolute Gasteiger partial charge is 0.497 e. The van der Waals surface area contributed by atoms with Crippen molar-refractivity contribution >= 4 is 11.8 Å². The molecule has 1 fully saturated rings. The molecule has 3 rings (SSSR count). The summed E-state index contributed by atoms with van der Waals surface area (Å²) in [6.07, 6.45) is 4.01. The van der Waals surface area contributed by atoms with Gasteiger partial charge in [-0.1, -0.05) is 12.1 Å². The van der Waals surface area contributed by atoms with Crippen LogP contribution in [0.15, 0.2) is 48.8 Å². The number of aromatic nitrogens is 1. The fraction of sp³-hybridized carbons (Fsp3) is 0.381. The van der Waals surface area contributed by atoms with Crippen molar-refractivity contribution in [2.45, 2.75) is 18.9 Å². The zero-order valence-electron chi connectivity index (χ0n) is 15.9. The number of amides is 2. The molecule has 0 unspecified atom stereocenters. The molecule has 2 aromatic rings. The molecule has 7 nitrogen and oxygen atoms in total. The lowest BCUT2D eigenvalue weighted by molar-refractivity contribution is -0.132. The first-order chi connectivity index (χ1) is 13.6. The predicted molar refractivity (Wildman–Crippen MR) is 104 cm³/mol. The molecule has 148 valence electrons. The quantitative estimate of drug-likeness (QED) is 0.784. The molecule has 0 bridgehead atoms. The van der Waals surface area contributed by atoms with Gasteiger partial charge in [0.2, 0.25) is 5.91 Å². The molecule has 2 N–H and O–H groups in total. The predicted octanol–water partition coefficient (Wildman–Crippen LogP) is 1.27. The molecule has 1 aliphatic heterocycles. The minimum absolute atomic E-state index is 0.00901. The number of rotatable bonds is 6. The van der Waals surface area contributed by atoms with Gasteiger partial charge in [0, 0.05) is 38.0 Å². The van der Waals surface area contributed by atoms with Crippen LogP contribution in [0, 0.1) is 5.92 Å². The Hall–Kier alpha value is -2.93. The van der Waals surface area contributed by atoms with Crippen LogP contribution in [0.5, 0.6) is 5.75 Å². The van der Waals surface area contributed by atoms with Crippen LogP contribution in [0.1, 0.15) is 22.3 Å². The third-order valence-corrected chi connectivity index (χ3v) is 5.07. The van der Waals surface area contributed by atoms with Crippen LogP contribution in [-0.2, 0) is 11.2 Å². The second kappa shape index (κ2) is 9.32. The van der Waals surface area contributed by atoms with Crippen molar-refractivity contribution in [3.8, 4) is 5.75 Å². The Morgan fingerprint density at radius 1 is 1.32 bits per heavy atom. The monoisotopic (exact) mass is 383 g/mol. The van der Waals surface area contributed by atoms with Crippen LogP contribution in [0.2, 0.25) is 0 Å². The van der Waals surface area contributed by atoms with E-state index in [-0.39, 0.29) is 36.8 Å². The van der Waals surface area contributed by atoms with E-state index in [1.165, 1.54) is 6.20 Å². The van der Waals surface area contributed by atoms with Gasteiger partial charge in [-0.25, -0.2) is 0 Å². The van der Waals surface area contributed by atoms with Gasteiger partial charge in [-0.2, -0.15) is 0 Å². The number of carbonyl (C=O) groups excluding carboxylic acids is 2. The number of piperidine rings is 1. The number of methoxy groups -OCH3 is 1. The van der Waals surface area contributed by atoms with Crippen LogP contribution in [0.3, 0.4) is 0 Å². The summed E-state index contributed by atoms with van der Waals surface area (Å²) in [6, 6.07) is 10.5. The standard InChI is InChI=1S/C21H25N3O4/c1-28-18-6-2-4-15(10-18)11-20(26)24-9-7-17(14-25)19(13-24)23-21(27)16-5-3-8-22-12-16/h2-6,8,10,12,17,19,25H,7,9,11,13-14H2,1H3,(H,23,27)/t17-,19-/m1/s1. The van der Waals surface area contributed by atoms with E-state index in [0.717, 1.165) is 5.56 Å². The summed E-state index contributed by atoms with van der Waals surface area (Å²) in [5.41, 5.74) is 1.34. The van der Waals surface area contributed by atoms with Crippen LogP contribution < -0.4 is 10.1 Å². The van der Waals surface area contributed by atoms with E-state index in [2.05, 4.69) is 10.3 Å². The smallest absolute Gasteiger partial charge is 0.253 e. The molecule has 0 spiro atoms. The molecule has 0 aliphatic carbocycles. The van der Waals surface area contributed by atoms with Gasteiger partial charge < -0.3 is 20.1 Å². The second-order valence-electron chi connectivity index (χ2n) is 6.92. The normalized spacial score (nSPS) is 19.1. The zero-order chi connectivity index (χ0) is 19.9.